The van der Waals surface area contributed by atoms with E-state index in [1.807, 2.05) is 0 Å². The molecular weight excluding hydrogens is 324 g/mol. The van der Waals surface area contributed by atoms with E-state index in [9.17, 15) is 0 Å². The SMILES string of the molecule is CCC1CCCCCN1CCC(NC)c1ccc(Br)cc1. The Hall–Kier alpha value is -0.380. The Morgan fingerprint density at radius 3 is 2.67 bits per heavy atom. The first kappa shape index (κ1) is 17.0. The minimum Gasteiger partial charge on any atom is -0.313 e. The summed E-state index contributed by atoms with van der Waals surface area (Å²) in [4.78, 5) is 2.73. The molecule has 1 aromatic carbocycles. The number of likely N-dealkylation sites (tertiary alicyclic amines) is 1. The van der Waals surface area contributed by atoms with Crippen LogP contribution in [0.2, 0.25) is 0 Å². The van der Waals surface area contributed by atoms with Crippen molar-refractivity contribution in [2.45, 2.75) is 57.5 Å². The molecule has 1 fully saturated rings. The zero-order valence-electron chi connectivity index (χ0n) is 13.4. The molecule has 0 bridgehead atoms. The summed E-state index contributed by atoms with van der Waals surface area (Å²) in [5.41, 5.74) is 1.39. The highest BCUT2D eigenvalue weighted by atomic mass is 79.9. The van der Waals surface area contributed by atoms with E-state index in [2.05, 4.69) is 64.4 Å². The molecule has 0 spiro atoms. The maximum Gasteiger partial charge on any atom is 0.0329 e. The van der Waals surface area contributed by atoms with Crippen molar-refractivity contribution in [1.29, 1.82) is 0 Å². The standard InChI is InChI=1S/C18H29BrN2/c1-3-17-7-5-4-6-13-21(17)14-12-18(20-2)15-8-10-16(19)11-9-15/h8-11,17-18,20H,3-7,12-14H2,1-2H3. The van der Waals surface area contributed by atoms with Crippen LogP contribution in [0, 0.1) is 0 Å². The molecule has 2 rings (SSSR count). The summed E-state index contributed by atoms with van der Waals surface area (Å²) in [7, 11) is 2.08. The van der Waals surface area contributed by atoms with E-state index in [1.165, 1.54) is 57.2 Å². The van der Waals surface area contributed by atoms with Crippen LogP contribution in [0.5, 0.6) is 0 Å². The van der Waals surface area contributed by atoms with Crippen molar-refractivity contribution in [3.8, 4) is 0 Å². The fraction of sp³-hybridized carbons (Fsp3) is 0.667. The predicted molar refractivity (Wildman–Crippen MR) is 94.7 cm³/mol. The summed E-state index contributed by atoms with van der Waals surface area (Å²) < 4.78 is 1.15. The molecule has 3 heteroatoms. The first-order valence-corrected chi connectivity index (χ1v) is 9.20. The Morgan fingerprint density at radius 1 is 1.24 bits per heavy atom. The van der Waals surface area contributed by atoms with E-state index in [-0.39, 0.29) is 0 Å². The van der Waals surface area contributed by atoms with Crippen LogP contribution < -0.4 is 5.32 Å². The van der Waals surface area contributed by atoms with Crippen LogP contribution >= 0.6 is 15.9 Å². The van der Waals surface area contributed by atoms with Gasteiger partial charge in [-0.15, -0.1) is 0 Å². The fourth-order valence-electron chi connectivity index (χ4n) is 3.46. The van der Waals surface area contributed by atoms with E-state index in [1.54, 1.807) is 0 Å². The Morgan fingerprint density at radius 2 is 2.00 bits per heavy atom. The minimum absolute atomic E-state index is 0.457. The lowest BCUT2D eigenvalue weighted by atomic mass is 10.0. The molecule has 2 atom stereocenters. The number of halogens is 1. The molecule has 1 aliphatic rings. The normalized spacial score (nSPS) is 22.0. The maximum absolute atomic E-state index is 3.52. The Labute approximate surface area is 138 Å². The second-order valence-electron chi connectivity index (χ2n) is 6.13. The monoisotopic (exact) mass is 352 g/mol. The van der Waals surface area contributed by atoms with Crippen molar-refractivity contribution in [3.63, 3.8) is 0 Å². The molecule has 1 saturated heterocycles. The molecule has 0 aromatic heterocycles. The van der Waals surface area contributed by atoms with Crippen LogP contribution in [0.1, 0.15) is 57.1 Å². The summed E-state index contributed by atoms with van der Waals surface area (Å²) >= 11 is 3.52. The van der Waals surface area contributed by atoms with Gasteiger partial charge in [0.15, 0.2) is 0 Å². The van der Waals surface area contributed by atoms with Crippen molar-refractivity contribution in [2.75, 3.05) is 20.1 Å². The molecule has 1 N–H and O–H groups in total. The number of rotatable bonds is 6. The van der Waals surface area contributed by atoms with Gasteiger partial charge >= 0.3 is 0 Å². The van der Waals surface area contributed by atoms with Crippen LogP contribution in [0.25, 0.3) is 0 Å². The third-order valence-electron chi connectivity index (χ3n) is 4.80. The highest BCUT2D eigenvalue weighted by Crippen LogP contribution is 2.23. The van der Waals surface area contributed by atoms with Gasteiger partial charge in [-0.3, -0.25) is 0 Å². The second kappa shape index (κ2) is 8.92. The molecule has 118 valence electrons. The molecule has 1 heterocycles. The molecular formula is C18H29BrN2. The largest absolute Gasteiger partial charge is 0.313 e. The van der Waals surface area contributed by atoms with Gasteiger partial charge in [-0.25, -0.2) is 0 Å². The summed E-state index contributed by atoms with van der Waals surface area (Å²) in [6, 6.07) is 9.99. The van der Waals surface area contributed by atoms with E-state index in [4.69, 9.17) is 0 Å². The number of nitrogens with zero attached hydrogens (tertiary/aromatic N) is 1. The van der Waals surface area contributed by atoms with Crippen molar-refractivity contribution >= 4 is 15.9 Å². The number of benzene rings is 1. The van der Waals surface area contributed by atoms with Gasteiger partial charge in [-0.1, -0.05) is 47.8 Å². The van der Waals surface area contributed by atoms with E-state index in [0.717, 1.165) is 10.5 Å². The summed E-state index contributed by atoms with van der Waals surface area (Å²) in [5.74, 6) is 0. The first-order valence-electron chi connectivity index (χ1n) is 8.41. The summed E-state index contributed by atoms with van der Waals surface area (Å²) in [6.07, 6.45) is 8.07. The predicted octanol–water partition coefficient (Wildman–Crippen LogP) is 4.75. The molecule has 1 aromatic rings. The lowest BCUT2D eigenvalue weighted by molar-refractivity contribution is 0.185. The van der Waals surface area contributed by atoms with Crippen molar-refractivity contribution in [2.24, 2.45) is 0 Å². The average molecular weight is 353 g/mol. The maximum atomic E-state index is 3.52. The molecule has 0 saturated carbocycles. The Bertz CT molecular complexity index is 404. The topological polar surface area (TPSA) is 15.3 Å². The van der Waals surface area contributed by atoms with Gasteiger partial charge in [0.25, 0.3) is 0 Å². The molecule has 2 unspecified atom stereocenters. The van der Waals surface area contributed by atoms with Gasteiger partial charge in [0, 0.05) is 23.1 Å². The molecule has 0 radical (unpaired) electrons. The summed E-state index contributed by atoms with van der Waals surface area (Å²) in [5, 5.41) is 3.48. The fourth-order valence-corrected chi connectivity index (χ4v) is 3.73. The molecule has 1 aliphatic heterocycles. The number of hydrogen-bond acceptors (Lipinski definition) is 2. The smallest absolute Gasteiger partial charge is 0.0329 e. The van der Waals surface area contributed by atoms with Crippen LogP contribution in [-0.4, -0.2) is 31.1 Å². The minimum atomic E-state index is 0.457. The Balaban J connectivity index is 1.93. The number of hydrogen-bond donors (Lipinski definition) is 1. The van der Waals surface area contributed by atoms with Crippen LogP contribution in [0.4, 0.5) is 0 Å². The highest BCUT2D eigenvalue weighted by Gasteiger charge is 2.20. The Kier molecular flexibility index (Phi) is 7.21. The lowest BCUT2D eigenvalue weighted by Gasteiger charge is -2.30. The highest BCUT2D eigenvalue weighted by molar-refractivity contribution is 9.10. The van der Waals surface area contributed by atoms with Gasteiger partial charge in [-0.05, 0) is 57.0 Å². The van der Waals surface area contributed by atoms with Gasteiger partial charge < -0.3 is 10.2 Å². The second-order valence-corrected chi connectivity index (χ2v) is 7.04. The quantitative estimate of drug-likeness (QED) is 0.794. The van der Waals surface area contributed by atoms with Crippen molar-refractivity contribution in [1.82, 2.24) is 10.2 Å². The van der Waals surface area contributed by atoms with Gasteiger partial charge in [0.1, 0.15) is 0 Å². The number of nitrogens with one attached hydrogen (secondary N) is 1. The van der Waals surface area contributed by atoms with Gasteiger partial charge in [-0.2, -0.15) is 0 Å². The zero-order valence-corrected chi connectivity index (χ0v) is 15.0. The average Bonchev–Trinajstić information content (AvgIpc) is 2.74. The lowest BCUT2D eigenvalue weighted by Crippen LogP contribution is -2.36. The van der Waals surface area contributed by atoms with E-state index >= 15 is 0 Å². The van der Waals surface area contributed by atoms with Gasteiger partial charge in [0.05, 0.1) is 0 Å². The molecule has 0 amide bonds. The van der Waals surface area contributed by atoms with Crippen molar-refractivity contribution in [3.05, 3.63) is 34.3 Å². The first-order chi connectivity index (χ1) is 10.2. The summed E-state index contributed by atoms with van der Waals surface area (Å²) in [6.45, 7) is 4.84. The van der Waals surface area contributed by atoms with Gasteiger partial charge in [0.2, 0.25) is 0 Å². The molecule has 2 nitrogen and oxygen atoms in total. The molecule has 21 heavy (non-hydrogen) atoms. The van der Waals surface area contributed by atoms with E-state index < -0.39 is 0 Å². The van der Waals surface area contributed by atoms with E-state index in [0.29, 0.717) is 6.04 Å². The zero-order chi connectivity index (χ0) is 15.1. The molecule has 0 aliphatic carbocycles. The van der Waals surface area contributed by atoms with Crippen LogP contribution in [-0.2, 0) is 0 Å². The third kappa shape index (κ3) is 5.08. The van der Waals surface area contributed by atoms with Crippen LogP contribution in [0.3, 0.4) is 0 Å². The van der Waals surface area contributed by atoms with Crippen LogP contribution in [0.15, 0.2) is 28.7 Å². The third-order valence-corrected chi connectivity index (χ3v) is 5.32. The van der Waals surface area contributed by atoms with Crippen molar-refractivity contribution < 1.29 is 0 Å².